The quantitative estimate of drug-likeness (QED) is 0.440. The predicted molar refractivity (Wildman–Crippen MR) is 116 cm³/mol. The van der Waals surface area contributed by atoms with Crippen LogP contribution in [0.2, 0.25) is 5.02 Å². The third-order valence-electron chi connectivity index (χ3n) is 5.34. The van der Waals surface area contributed by atoms with Crippen molar-refractivity contribution in [3.8, 4) is 6.07 Å². The number of rotatable bonds is 4. The molecule has 0 aromatic heterocycles. The first-order valence-electron chi connectivity index (χ1n) is 9.96. The molecular weight excluding hydrogens is 493 g/mol. The number of hydrogen-bond donors (Lipinski definition) is 2. The Morgan fingerprint density at radius 3 is 2.51 bits per heavy atom. The summed E-state index contributed by atoms with van der Waals surface area (Å²) in [6.45, 7) is 0. The summed E-state index contributed by atoms with van der Waals surface area (Å²) in [5, 5.41) is 14.2. The van der Waals surface area contributed by atoms with E-state index in [9.17, 15) is 31.5 Å². The van der Waals surface area contributed by atoms with E-state index < -0.39 is 46.8 Å². The number of carbonyl (C=O) groups excluding carboxylic acids is 2. The van der Waals surface area contributed by atoms with E-state index in [2.05, 4.69) is 10.6 Å². The van der Waals surface area contributed by atoms with E-state index in [0.717, 1.165) is 12.1 Å². The molecule has 4 rings (SSSR count). The van der Waals surface area contributed by atoms with Gasteiger partial charge in [-0.3, -0.25) is 9.59 Å². The van der Waals surface area contributed by atoms with Crippen LogP contribution < -0.4 is 10.6 Å². The number of hydrogen-bond acceptors (Lipinski definition) is 3. The molecule has 2 N–H and O–H groups in total. The molecule has 1 aliphatic rings. The highest BCUT2D eigenvalue weighted by atomic mass is 35.5. The van der Waals surface area contributed by atoms with E-state index in [1.54, 1.807) is 0 Å². The van der Waals surface area contributed by atoms with Crippen molar-refractivity contribution in [2.24, 2.45) is 0 Å². The number of fused-ring (bicyclic) bond motifs is 1. The molecule has 0 saturated heterocycles. The van der Waals surface area contributed by atoms with Gasteiger partial charge in [0.05, 0.1) is 24.1 Å². The minimum absolute atomic E-state index is 0.0285. The molecule has 1 heterocycles. The van der Waals surface area contributed by atoms with Crippen molar-refractivity contribution in [2.75, 3.05) is 5.32 Å². The SMILES string of the molecule is N#CCc1cc(NC(=O)c2cc(F)cc(C(F)(F)F)c2)c2c(c1)C(=O)NC2c1cc(F)ccc1Cl. The van der Waals surface area contributed by atoms with E-state index >= 15 is 0 Å². The van der Waals surface area contributed by atoms with E-state index in [4.69, 9.17) is 16.9 Å². The Morgan fingerprint density at radius 1 is 1.09 bits per heavy atom. The van der Waals surface area contributed by atoms with Crippen molar-refractivity contribution in [1.82, 2.24) is 5.32 Å². The van der Waals surface area contributed by atoms with Crippen LogP contribution in [0.1, 0.15) is 49.0 Å². The number of alkyl halides is 3. The van der Waals surface area contributed by atoms with Gasteiger partial charge < -0.3 is 10.6 Å². The lowest BCUT2D eigenvalue weighted by Crippen LogP contribution is -2.21. The van der Waals surface area contributed by atoms with Gasteiger partial charge in [-0.15, -0.1) is 0 Å². The fourth-order valence-corrected chi connectivity index (χ4v) is 4.06. The van der Waals surface area contributed by atoms with Gasteiger partial charge in [0, 0.05) is 33.0 Å². The minimum atomic E-state index is -4.89. The molecule has 11 heteroatoms. The highest BCUT2D eigenvalue weighted by molar-refractivity contribution is 6.31. The predicted octanol–water partition coefficient (Wildman–Crippen LogP) is 5.79. The number of anilines is 1. The number of benzene rings is 3. The molecule has 1 unspecified atom stereocenters. The first-order chi connectivity index (χ1) is 16.5. The van der Waals surface area contributed by atoms with Crippen molar-refractivity contribution >= 4 is 29.1 Å². The van der Waals surface area contributed by atoms with Crippen LogP contribution in [-0.2, 0) is 12.6 Å². The monoisotopic (exact) mass is 505 g/mol. The molecule has 0 saturated carbocycles. The topological polar surface area (TPSA) is 82.0 Å². The lowest BCUT2D eigenvalue weighted by molar-refractivity contribution is -0.137. The van der Waals surface area contributed by atoms with E-state index in [-0.39, 0.29) is 39.9 Å². The lowest BCUT2D eigenvalue weighted by atomic mass is 9.93. The molecule has 0 fully saturated rings. The Bertz CT molecular complexity index is 1420. The largest absolute Gasteiger partial charge is 0.416 e. The van der Waals surface area contributed by atoms with Crippen LogP contribution in [0.3, 0.4) is 0 Å². The van der Waals surface area contributed by atoms with Crippen molar-refractivity contribution < 1.29 is 31.5 Å². The Morgan fingerprint density at radius 2 is 1.83 bits per heavy atom. The molecular formula is C24H13ClF5N3O2. The van der Waals surface area contributed by atoms with Gasteiger partial charge >= 0.3 is 6.18 Å². The lowest BCUT2D eigenvalue weighted by Gasteiger charge is -2.19. The first kappa shape index (κ1) is 24.2. The molecule has 3 aromatic rings. The van der Waals surface area contributed by atoms with Crippen LogP contribution in [0.15, 0.2) is 48.5 Å². The van der Waals surface area contributed by atoms with Gasteiger partial charge in [-0.1, -0.05) is 11.6 Å². The molecule has 0 radical (unpaired) electrons. The van der Waals surface area contributed by atoms with Gasteiger partial charge in [0.25, 0.3) is 11.8 Å². The van der Waals surface area contributed by atoms with Crippen LogP contribution in [0.25, 0.3) is 0 Å². The third kappa shape index (κ3) is 4.81. The van der Waals surface area contributed by atoms with Gasteiger partial charge in [0.1, 0.15) is 11.6 Å². The maximum absolute atomic E-state index is 13.9. The summed E-state index contributed by atoms with van der Waals surface area (Å²) >= 11 is 6.21. The summed E-state index contributed by atoms with van der Waals surface area (Å²) in [6, 6.07) is 8.55. The molecule has 3 aromatic carbocycles. The van der Waals surface area contributed by atoms with Crippen molar-refractivity contribution in [2.45, 2.75) is 18.6 Å². The zero-order valence-electron chi connectivity index (χ0n) is 17.4. The molecule has 1 aliphatic heterocycles. The molecule has 1 atom stereocenters. The Kier molecular flexibility index (Phi) is 6.21. The second-order valence-corrected chi connectivity index (χ2v) is 8.10. The maximum atomic E-state index is 13.9. The molecule has 0 aliphatic carbocycles. The number of amides is 2. The Balaban J connectivity index is 1.83. The normalized spacial score (nSPS) is 14.8. The van der Waals surface area contributed by atoms with Crippen LogP contribution >= 0.6 is 11.6 Å². The van der Waals surface area contributed by atoms with Gasteiger partial charge in [-0.2, -0.15) is 18.4 Å². The molecule has 35 heavy (non-hydrogen) atoms. The number of carbonyl (C=O) groups is 2. The average molecular weight is 506 g/mol. The second kappa shape index (κ2) is 9.00. The highest BCUT2D eigenvalue weighted by Gasteiger charge is 2.35. The number of nitrogens with one attached hydrogen (secondary N) is 2. The Hall–Kier alpha value is -3.97. The minimum Gasteiger partial charge on any atom is -0.341 e. The molecule has 0 bridgehead atoms. The standard InChI is InChI=1S/C24H13ClF5N3O2/c25-18-2-1-14(26)10-16(18)21-20-17(23(35)33-21)5-11(3-4-31)6-19(20)32-22(34)12-7-13(24(28,29)30)9-15(27)8-12/h1-2,5-10,21H,3H2,(H,32,34)(H,33,35). The fourth-order valence-electron chi connectivity index (χ4n) is 3.84. The molecule has 5 nitrogen and oxygen atoms in total. The summed E-state index contributed by atoms with van der Waals surface area (Å²) in [5.41, 5.74) is -1.26. The second-order valence-electron chi connectivity index (χ2n) is 7.69. The summed E-state index contributed by atoms with van der Waals surface area (Å²) in [4.78, 5) is 25.6. The average Bonchev–Trinajstić information content (AvgIpc) is 3.11. The maximum Gasteiger partial charge on any atom is 0.416 e. The van der Waals surface area contributed by atoms with Crippen molar-refractivity contribution in [1.29, 1.82) is 5.26 Å². The van der Waals surface area contributed by atoms with Crippen molar-refractivity contribution in [3.05, 3.63) is 98.6 Å². The number of halogens is 6. The van der Waals surface area contributed by atoms with Crippen LogP contribution in [-0.4, -0.2) is 11.8 Å². The van der Waals surface area contributed by atoms with E-state index in [0.29, 0.717) is 17.7 Å². The zero-order valence-corrected chi connectivity index (χ0v) is 18.2. The Labute approximate surface area is 200 Å². The van der Waals surface area contributed by atoms with Crippen molar-refractivity contribution in [3.63, 3.8) is 0 Å². The summed E-state index contributed by atoms with van der Waals surface area (Å²) in [7, 11) is 0. The van der Waals surface area contributed by atoms with E-state index in [1.165, 1.54) is 18.2 Å². The number of nitriles is 1. The van der Waals surface area contributed by atoms with Gasteiger partial charge in [-0.25, -0.2) is 8.78 Å². The van der Waals surface area contributed by atoms with Gasteiger partial charge in [0.15, 0.2) is 0 Å². The first-order valence-corrected chi connectivity index (χ1v) is 10.3. The molecule has 2 amide bonds. The summed E-state index contributed by atoms with van der Waals surface area (Å²) in [5.74, 6) is -3.59. The summed E-state index contributed by atoms with van der Waals surface area (Å²) in [6.07, 6.45) is -5.03. The summed E-state index contributed by atoms with van der Waals surface area (Å²) < 4.78 is 67.0. The van der Waals surface area contributed by atoms with Crippen LogP contribution in [0.4, 0.5) is 27.6 Å². The molecule has 0 spiro atoms. The van der Waals surface area contributed by atoms with Crippen LogP contribution in [0, 0.1) is 23.0 Å². The van der Waals surface area contributed by atoms with Crippen LogP contribution in [0.5, 0.6) is 0 Å². The van der Waals surface area contributed by atoms with Gasteiger partial charge in [-0.05, 0) is 54.1 Å². The highest BCUT2D eigenvalue weighted by Crippen LogP contribution is 2.40. The smallest absolute Gasteiger partial charge is 0.341 e. The third-order valence-corrected chi connectivity index (χ3v) is 5.68. The zero-order chi connectivity index (χ0) is 25.5. The molecule has 178 valence electrons. The number of nitrogens with zero attached hydrogens (tertiary/aromatic N) is 1. The van der Waals surface area contributed by atoms with E-state index in [1.807, 2.05) is 6.07 Å². The fraction of sp³-hybridized carbons (Fsp3) is 0.125. The van der Waals surface area contributed by atoms with Gasteiger partial charge in [0.2, 0.25) is 0 Å².